The van der Waals surface area contributed by atoms with Crippen LogP contribution >= 0.6 is 0 Å². The molecule has 0 saturated carbocycles. The highest BCUT2D eigenvalue weighted by Gasteiger charge is 2.01. The maximum Gasteiger partial charge on any atom is 0.128 e. The lowest BCUT2D eigenvalue weighted by molar-refractivity contribution is -0.307. The van der Waals surface area contributed by atoms with Gasteiger partial charge in [-0.05, 0) is 24.1 Å². The summed E-state index contributed by atoms with van der Waals surface area (Å²) in [4.78, 5) is 10.3. The van der Waals surface area contributed by atoms with Gasteiger partial charge in [0, 0.05) is 20.2 Å². The summed E-state index contributed by atoms with van der Waals surface area (Å²) in [6.07, 6.45) is 0. The van der Waals surface area contributed by atoms with Gasteiger partial charge >= 0.3 is 0 Å². The number of carboxylic acids is 1. The number of methoxy groups -OCH3 is 1. The van der Waals surface area contributed by atoms with Gasteiger partial charge in [0.15, 0.2) is 0 Å². The molecule has 1 aromatic rings. The van der Waals surface area contributed by atoms with Gasteiger partial charge in [0.2, 0.25) is 0 Å². The zero-order valence-corrected chi connectivity index (χ0v) is 10.7. The average Bonchev–Trinajstić information content (AvgIpc) is 2.33. The quantitative estimate of drug-likeness (QED) is 0.652. The minimum atomic E-state index is -1.22. The van der Waals surface area contributed by atoms with Gasteiger partial charge in [-0.25, -0.2) is 0 Å². The highest BCUT2D eigenvalue weighted by atomic mass is 16.5. The first-order chi connectivity index (χ1) is 8.63. The average molecular weight is 252 g/mol. The summed E-state index contributed by atoms with van der Waals surface area (Å²) in [6.45, 7) is 3.66. The Balaban J connectivity index is 2.48. The van der Waals surface area contributed by atoms with E-state index in [2.05, 4.69) is 5.32 Å². The first-order valence-electron chi connectivity index (χ1n) is 5.75. The van der Waals surface area contributed by atoms with Crippen LogP contribution in [0.4, 0.5) is 0 Å². The highest BCUT2D eigenvalue weighted by molar-refractivity contribution is 5.66. The Morgan fingerprint density at radius 2 is 2.22 bits per heavy atom. The fourth-order valence-electron chi connectivity index (χ4n) is 1.53. The summed E-state index contributed by atoms with van der Waals surface area (Å²) in [5, 5.41) is 13.5. The molecule has 5 nitrogen and oxygen atoms in total. The zero-order valence-electron chi connectivity index (χ0n) is 10.7. The van der Waals surface area contributed by atoms with Gasteiger partial charge in [-0.15, -0.1) is 0 Å². The summed E-state index contributed by atoms with van der Waals surface area (Å²) in [5.74, 6) is -0.653. The van der Waals surface area contributed by atoms with Crippen LogP contribution in [0.15, 0.2) is 18.2 Å². The van der Waals surface area contributed by atoms with Crippen molar-refractivity contribution < 1.29 is 19.4 Å². The molecule has 0 aliphatic heterocycles. The number of aryl methyl sites for hydroxylation is 1. The van der Waals surface area contributed by atoms with Crippen molar-refractivity contribution in [1.29, 1.82) is 0 Å². The third-order valence-corrected chi connectivity index (χ3v) is 2.40. The van der Waals surface area contributed by atoms with Crippen molar-refractivity contribution in [3.63, 3.8) is 0 Å². The van der Waals surface area contributed by atoms with Gasteiger partial charge in [-0.1, -0.05) is 12.1 Å². The monoisotopic (exact) mass is 252 g/mol. The van der Waals surface area contributed by atoms with E-state index < -0.39 is 12.6 Å². The van der Waals surface area contributed by atoms with Crippen molar-refractivity contribution in [1.82, 2.24) is 5.32 Å². The third-order valence-electron chi connectivity index (χ3n) is 2.40. The Bertz CT molecular complexity index is 393. The van der Waals surface area contributed by atoms with E-state index in [1.807, 2.05) is 19.1 Å². The fourth-order valence-corrected chi connectivity index (χ4v) is 1.53. The summed E-state index contributed by atoms with van der Waals surface area (Å²) < 4.78 is 10.0. The van der Waals surface area contributed by atoms with E-state index >= 15 is 0 Å². The lowest BCUT2D eigenvalue weighted by Crippen LogP contribution is -2.29. The van der Waals surface area contributed by atoms with Crippen LogP contribution in [0.1, 0.15) is 11.1 Å². The van der Waals surface area contributed by atoms with Gasteiger partial charge in [-0.2, -0.15) is 0 Å². The van der Waals surface area contributed by atoms with E-state index in [0.717, 1.165) is 24.2 Å². The predicted molar refractivity (Wildman–Crippen MR) is 65.3 cm³/mol. The number of carboxylic acid groups (broad SMARTS) is 1. The van der Waals surface area contributed by atoms with Crippen LogP contribution in [0.2, 0.25) is 0 Å². The van der Waals surface area contributed by atoms with Gasteiger partial charge in [-0.3, -0.25) is 0 Å². The molecule has 0 amide bonds. The molecule has 5 heteroatoms. The number of carbonyl (C=O) groups excluding carboxylic acids is 1. The SMILES string of the molecule is COCCNCc1ccc(OCC(=O)[O-])c(C)c1. The number of benzene rings is 1. The Morgan fingerprint density at radius 1 is 1.44 bits per heavy atom. The topological polar surface area (TPSA) is 70.6 Å². The molecule has 100 valence electrons. The number of aliphatic carboxylic acids is 1. The molecule has 1 rings (SSSR count). The number of nitrogens with one attached hydrogen (secondary N) is 1. The Labute approximate surface area is 107 Å². The molecule has 0 atom stereocenters. The number of hydrogen-bond donors (Lipinski definition) is 1. The molecule has 1 aromatic carbocycles. The van der Waals surface area contributed by atoms with Gasteiger partial charge in [0.25, 0.3) is 0 Å². The van der Waals surface area contributed by atoms with Crippen molar-refractivity contribution in [2.75, 3.05) is 26.9 Å². The Morgan fingerprint density at radius 3 is 2.83 bits per heavy atom. The second-order valence-electron chi connectivity index (χ2n) is 3.93. The highest BCUT2D eigenvalue weighted by Crippen LogP contribution is 2.18. The largest absolute Gasteiger partial charge is 0.546 e. The van der Waals surface area contributed by atoms with Crippen molar-refractivity contribution in [3.8, 4) is 5.75 Å². The van der Waals surface area contributed by atoms with Crippen LogP contribution in [0.5, 0.6) is 5.75 Å². The molecule has 0 spiro atoms. The first kappa shape index (κ1) is 14.5. The molecule has 18 heavy (non-hydrogen) atoms. The van der Waals surface area contributed by atoms with Crippen molar-refractivity contribution in [2.24, 2.45) is 0 Å². The van der Waals surface area contributed by atoms with E-state index in [1.54, 1.807) is 13.2 Å². The lowest BCUT2D eigenvalue weighted by Gasteiger charge is -2.11. The number of carbonyl (C=O) groups is 1. The molecule has 0 heterocycles. The molecule has 0 saturated heterocycles. The summed E-state index contributed by atoms with van der Waals surface area (Å²) in [7, 11) is 1.66. The minimum absolute atomic E-state index is 0.424. The lowest BCUT2D eigenvalue weighted by atomic mass is 10.1. The first-order valence-corrected chi connectivity index (χ1v) is 5.75. The molecule has 0 bridgehead atoms. The minimum Gasteiger partial charge on any atom is -0.546 e. The number of ether oxygens (including phenoxy) is 2. The van der Waals surface area contributed by atoms with E-state index in [-0.39, 0.29) is 0 Å². The Kier molecular flexibility index (Phi) is 6.18. The van der Waals surface area contributed by atoms with E-state index in [0.29, 0.717) is 12.4 Å². The van der Waals surface area contributed by atoms with E-state index in [9.17, 15) is 9.90 Å². The van der Waals surface area contributed by atoms with E-state index in [1.165, 1.54) is 0 Å². The number of rotatable bonds is 8. The van der Waals surface area contributed by atoms with Crippen LogP contribution in [0.3, 0.4) is 0 Å². The fraction of sp³-hybridized carbons (Fsp3) is 0.462. The predicted octanol–water partition coefficient (Wildman–Crippen LogP) is -0.140. The molecule has 1 N–H and O–H groups in total. The molecule has 0 aliphatic carbocycles. The molecule has 0 fully saturated rings. The van der Waals surface area contributed by atoms with Crippen LogP contribution in [0.25, 0.3) is 0 Å². The molecule has 0 radical (unpaired) electrons. The standard InChI is InChI=1S/C13H19NO4/c1-10-7-11(8-14-5-6-17-2)3-4-12(10)18-9-13(15)16/h3-4,7,14H,5-6,8-9H2,1-2H3,(H,15,16)/p-1. The smallest absolute Gasteiger partial charge is 0.128 e. The number of hydrogen-bond acceptors (Lipinski definition) is 5. The zero-order chi connectivity index (χ0) is 13.4. The second-order valence-corrected chi connectivity index (χ2v) is 3.93. The summed E-state index contributed by atoms with van der Waals surface area (Å²) >= 11 is 0. The van der Waals surface area contributed by atoms with E-state index in [4.69, 9.17) is 9.47 Å². The summed E-state index contributed by atoms with van der Waals surface area (Å²) in [6, 6.07) is 5.63. The van der Waals surface area contributed by atoms with Crippen molar-refractivity contribution in [2.45, 2.75) is 13.5 Å². The molecule has 0 unspecified atom stereocenters. The molecule has 0 aliphatic rings. The molecular weight excluding hydrogens is 234 g/mol. The van der Waals surface area contributed by atoms with Crippen LogP contribution < -0.4 is 15.2 Å². The van der Waals surface area contributed by atoms with Crippen LogP contribution in [-0.4, -0.2) is 32.8 Å². The molecular formula is C13H18NO4-. The third kappa shape index (κ3) is 5.16. The maximum absolute atomic E-state index is 10.3. The van der Waals surface area contributed by atoms with Crippen LogP contribution in [0, 0.1) is 6.92 Å². The van der Waals surface area contributed by atoms with Gasteiger partial charge < -0.3 is 24.7 Å². The van der Waals surface area contributed by atoms with Gasteiger partial charge in [0.1, 0.15) is 12.4 Å². The van der Waals surface area contributed by atoms with Gasteiger partial charge in [0.05, 0.1) is 12.6 Å². The van der Waals surface area contributed by atoms with Crippen LogP contribution in [-0.2, 0) is 16.1 Å². The second kappa shape index (κ2) is 7.68. The van der Waals surface area contributed by atoms with Crippen molar-refractivity contribution in [3.05, 3.63) is 29.3 Å². The molecule has 0 aromatic heterocycles. The maximum atomic E-state index is 10.3. The summed E-state index contributed by atoms with van der Waals surface area (Å²) in [5.41, 5.74) is 2.02. The Hall–Kier alpha value is -1.59. The van der Waals surface area contributed by atoms with Crippen molar-refractivity contribution >= 4 is 5.97 Å². The normalized spacial score (nSPS) is 10.3.